The molecule has 0 aliphatic heterocycles. The molecule has 31 heavy (non-hydrogen) atoms. The topological polar surface area (TPSA) is 129 Å². The highest BCUT2D eigenvalue weighted by Crippen LogP contribution is 2.40. The van der Waals surface area contributed by atoms with E-state index < -0.39 is 47.5 Å². The summed E-state index contributed by atoms with van der Waals surface area (Å²) in [6.07, 6.45) is -10.9. The van der Waals surface area contributed by atoms with Crippen molar-refractivity contribution in [2.45, 2.75) is 37.8 Å². The number of pyridine rings is 1. The Kier molecular flexibility index (Phi) is 8.18. The Morgan fingerprint density at radius 1 is 1.10 bits per heavy atom. The number of nitrogens with one attached hydrogen (secondary N) is 2. The summed E-state index contributed by atoms with van der Waals surface area (Å²) in [4.78, 5) is 35.3. The monoisotopic (exact) mass is 463 g/mol. The molecule has 1 fully saturated rings. The predicted octanol–water partition coefficient (Wildman–Crippen LogP) is 3.66. The highest BCUT2D eigenvalue weighted by atomic mass is 19.4. The molecule has 0 radical (unpaired) electrons. The summed E-state index contributed by atoms with van der Waals surface area (Å²) in [5.41, 5.74) is -1.64. The quantitative estimate of drug-likeness (QED) is 0.494. The van der Waals surface area contributed by atoms with Crippen LogP contribution in [0.1, 0.15) is 31.0 Å². The van der Waals surface area contributed by atoms with E-state index in [1.165, 1.54) is 0 Å². The minimum absolute atomic E-state index is 0.0626. The molecule has 2 amide bonds. The second-order valence-corrected chi connectivity index (χ2v) is 6.43. The van der Waals surface area contributed by atoms with Gasteiger partial charge in [0.15, 0.2) is 0 Å². The zero-order valence-corrected chi connectivity index (χ0v) is 15.3. The summed E-state index contributed by atoms with van der Waals surface area (Å²) in [5.74, 6) is -3.83. The Labute approximate surface area is 169 Å². The van der Waals surface area contributed by atoms with Crippen molar-refractivity contribution in [2.24, 2.45) is 5.41 Å². The largest absolute Gasteiger partial charge is 0.490 e. The number of carboxylic acids is 2. The van der Waals surface area contributed by atoms with Gasteiger partial charge < -0.3 is 15.5 Å². The van der Waals surface area contributed by atoms with Crippen LogP contribution in [0.5, 0.6) is 0 Å². The molecule has 1 saturated carbocycles. The lowest BCUT2D eigenvalue weighted by molar-refractivity contribution is -0.192. The lowest BCUT2D eigenvalue weighted by Gasteiger charge is -2.37. The molecular weight excluding hydrogens is 447 g/mol. The SMILES string of the molecule is O=C(NCC1(C(=O)O)CCC1)Nc1ccc(C(F)C(F)(F)F)cn1.O=C(O)C(F)(F)F. The van der Waals surface area contributed by atoms with Gasteiger partial charge in [0.25, 0.3) is 0 Å². The molecule has 1 aliphatic carbocycles. The summed E-state index contributed by atoms with van der Waals surface area (Å²) in [6.45, 7) is -0.0626. The minimum Gasteiger partial charge on any atom is -0.481 e. The van der Waals surface area contributed by atoms with Crippen LogP contribution in [0.4, 0.5) is 41.3 Å². The third-order valence-electron chi connectivity index (χ3n) is 4.20. The van der Waals surface area contributed by atoms with E-state index in [4.69, 9.17) is 15.0 Å². The van der Waals surface area contributed by atoms with Crippen LogP contribution in [-0.4, -0.2) is 52.1 Å². The number of carboxylic acid groups (broad SMARTS) is 2. The smallest absolute Gasteiger partial charge is 0.481 e. The summed E-state index contributed by atoms with van der Waals surface area (Å²) < 4.78 is 81.5. The van der Waals surface area contributed by atoms with Crippen molar-refractivity contribution in [2.75, 3.05) is 11.9 Å². The maximum absolute atomic E-state index is 13.1. The van der Waals surface area contributed by atoms with Gasteiger partial charge in [0.05, 0.1) is 5.41 Å². The first-order chi connectivity index (χ1) is 14.1. The molecule has 0 aromatic carbocycles. The van der Waals surface area contributed by atoms with Gasteiger partial charge in [-0.05, 0) is 18.9 Å². The summed E-state index contributed by atoms with van der Waals surface area (Å²) in [7, 11) is 0. The number of amides is 2. The van der Waals surface area contributed by atoms with E-state index in [-0.39, 0.29) is 12.4 Å². The van der Waals surface area contributed by atoms with Crippen LogP contribution < -0.4 is 10.6 Å². The van der Waals surface area contributed by atoms with E-state index in [1.54, 1.807) is 0 Å². The average Bonchev–Trinajstić information content (AvgIpc) is 2.59. The first kappa shape index (κ1) is 25.9. The molecule has 174 valence electrons. The van der Waals surface area contributed by atoms with Crippen LogP contribution in [0.15, 0.2) is 18.3 Å². The first-order valence-corrected chi connectivity index (χ1v) is 8.33. The number of aromatic nitrogens is 1. The Bertz CT molecular complexity index is 792. The van der Waals surface area contributed by atoms with Gasteiger partial charge in [-0.25, -0.2) is 19.0 Å². The molecule has 1 unspecified atom stereocenters. The first-order valence-electron chi connectivity index (χ1n) is 8.33. The molecule has 0 saturated heterocycles. The van der Waals surface area contributed by atoms with Gasteiger partial charge in [-0.3, -0.25) is 10.1 Å². The number of carbonyl (C=O) groups excluding carboxylic acids is 1. The van der Waals surface area contributed by atoms with Gasteiger partial charge in [0.2, 0.25) is 6.17 Å². The molecule has 1 heterocycles. The van der Waals surface area contributed by atoms with Gasteiger partial charge in [0, 0.05) is 18.3 Å². The van der Waals surface area contributed by atoms with Gasteiger partial charge in [0.1, 0.15) is 5.82 Å². The number of aliphatic carboxylic acids is 2. The van der Waals surface area contributed by atoms with Gasteiger partial charge in [-0.15, -0.1) is 0 Å². The van der Waals surface area contributed by atoms with Crippen molar-refractivity contribution in [3.63, 3.8) is 0 Å². The number of carbonyl (C=O) groups is 3. The number of rotatable bonds is 5. The van der Waals surface area contributed by atoms with Crippen LogP contribution in [0.25, 0.3) is 0 Å². The summed E-state index contributed by atoms with van der Waals surface area (Å²) in [6, 6.07) is 1.16. The van der Waals surface area contributed by atoms with E-state index >= 15 is 0 Å². The number of alkyl halides is 7. The Morgan fingerprint density at radius 2 is 1.65 bits per heavy atom. The fourth-order valence-electron chi connectivity index (χ4n) is 2.30. The fraction of sp³-hybridized carbons (Fsp3) is 0.500. The minimum atomic E-state index is -5.08. The molecule has 1 atom stereocenters. The van der Waals surface area contributed by atoms with Gasteiger partial charge >= 0.3 is 30.3 Å². The maximum atomic E-state index is 13.1. The van der Waals surface area contributed by atoms with Crippen molar-refractivity contribution in [3.8, 4) is 0 Å². The molecular formula is C16H16F7N3O5. The van der Waals surface area contributed by atoms with Crippen LogP contribution >= 0.6 is 0 Å². The molecule has 1 aliphatic rings. The lowest BCUT2D eigenvalue weighted by Crippen LogP contribution is -2.48. The van der Waals surface area contributed by atoms with Crippen molar-refractivity contribution in [1.82, 2.24) is 10.3 Å². The van der Waals surface area contributed by atoms with Crippen molar-refractivity contribution in [3.05, 3.63) is 23.9 Å². The van der Waals surface area contributed by atoms with Crippen LogP contribution in [0, 0.1) is 5.41 Å². The molecule has 2 rings (SSSR count). The fourth-order valence-corrected chi connectivity index (χ4v) is 2.30. The molecule has 8 nitrogen and oxygen atoms in total. The Morgan fingerprint density at radius 3 is 1.97 bits per heavy atom. The highest BCUT2D eigenvalue weighted by molar-refractivity contribution is 5.88. The number of anilines is 1. The zero-order valence-electron chi connectivity index (χ0n) is 15.3. The maximum Gasteiger partial charge on any atom is 0.490 e. The number of hydrogen-bond acceptors (Lipinski definition) is 4. The Balaban J connectivity index is 0.000000592. The van der Waals surface area contributed by atoms with E-state index in [0.29, 0.717) is 19.0 Å². The van der Waals surface area contributed by atoms with E-state index in [1.807, 2.05) is 0 Å². The molecule has 0 spiro atoms. The second-order valence-electron chi connectivity index (χ2n) is 6.43. The van der Waals surface area contributed by atoms with Crippen LogP contribution in [0.2, 0.25) is 0 Å². The zero-order chi connectivity index (χ0) is 24.0. The molecule has 1 aromatic heterocycles. The summed E-state index contributed by atoms with van der Waals surface area (Å²) in [5, 5.41) is 20.9. The van der Waals surface area contributed by atoms with E-state index in [0.717, 1.165) is 18.6 Å². The Hall–Kier alpha value is -3.13. The van der Waals surface area contributed by atoms with Crippen LogP contribution in [0.3, 0.4) is 0 Å². The third-order valence-corrected chi connectivity index (χ3v) is 4.20. The van der Waals surface area contributed by atoms with Crippen molar-refractivity contribution >= 4 is 23.8 Å². The lowest BCUT2D eigenvalue weighted by atomic mass is 9.69. The highest BCUT2D eigenvalue weighted by Gasteiger charge is 2.44. The average molecular weight is 463 g/mol. The second kappa shape index (κ2) is 9.78. The van der Waals surface area contributed by atoms with E-state index in [2.05, 4.69) is 15.6 Å². The normalized spacial score (nSPS) is 16.1. The standard InChI is InChI=1S/C14H15F4N3O3.C2HF3O2/c15-10(14(16,17)18)8-2-3-9(19-6-8)21-12(24)20-7-13(11(22)23)4-1-5-13;3-2(4,5)1(6)7/h2-3,6,10H,1,4-5,7H2,(H,22,23)(H2,19,20,21,24);(H,6,7). The number of halogens is 7. The molecule has 4 N–H and O–H groups in total. The number of urea groups is 1. The van der Waals surface area contributed by atoms with E-state index in [9.17, 15) is 40.3 Å². The molecule has 0 bridgehead atoms. The third kappa shape index (κ3) is 7.57. The molecule has 1 aromatic rings. The van der Waals surface area contributed by atoms with Crippen molar-refractivity contribution in [1.29, 1.82) is 0 Å². The van der Waals surface area contributed by atoms with Crippen LogP contribution in [-0.2, 0) is 9.59 Å². The number of hydrogen-bond donors (Lipinski definition) is 4. The number of nitrogens with zero attached hydrogens (tertiary/aromatic N) is 1. The predicted molar refractivity (Wildman–Crippen MR) is 88.8 cm³/mol. The van der Waals surface area contributed by atoms with Gasteiger partial charge in [-0.2, -0.15) is 26.3 Å². The van der Waals surface area contributed by atoms with Gasteiger partial charge in [-0.1, -0.05) is 12.5 Å². The molecule has 15 heteroatoms. The summed E-state index contributed by atoms with van der Waals surface area (Å²) >= 11 is 0. The van der Waals surface area contributed by atoms with Crippen molar-refractivity contribution < 1.29 is 55.3 Å².